The van der Waals surface area contributed by atoms with Crippen LogP contribution in [0.4, 0.5) is 14.5 Å². The lowest BCUT2D eigenvalue weighted by molar-refractivity contribution is -0.147. The van der Waals surface area contributed by atoms with Crippen molar-refractivity contribution in [2.75, 3.05) is 11.9 Å². The predicted molar refractivity (Wildman–Crippen MR) is 94.5 cm³/mol. The molecule has 0 saturated carbocycles. The molecule has 0 aliphatic rings. The van der Waals surface area contributed by atoms with E-state index in [1.807, 2.05) is 13.8 Å². The standard InChI is InChI=1S/C18H17F2N5O3/c1-10-13(11(2)25-18(23-10)21-9-22-25)4-6-17(27)28-8-16(26)24-15-7-12(19)3-5-14(15)20/h3,5,7,9H,4,6,8H2,1-2H3,(H,24,26). The maximum absolute atomic E-state index is 13.5. The molecule has 0 aliphatic heterocycles. The molecule has 2 aromatic heterocycles. The van der Waals surface area contributed by atoms with Gasteiger partial charge in [-0.2, -0.15) is 10.1 Å². The molecule has 8 nitrogen and oxygen atoms in total. The van der Waals surface area contributed by atoms with Gasteiger partial charge >= 0.3 is 5.97 Å². The summed E-state index contributed by atoms with van der Waals surface area (Å²) in [6.45, 7) is 3.05. The van der Waals surface area contributed by atoms with E-state index >= 15 is 0 Å². The van der Waals surface area contributed by atoms with Crippen molar-refractivity contribution < 1.29 is 23.1 Å². The average molecular weight is 389 g/mol. The van der Waals surface area contributed by atoms with Gasteiger partial charge in [0.2, 0.25) is 0 Å². The fourth-order valence-corrected chi connectivity index (χ4v) is 2.74. The van der Waals surface area contributed by atoms with E-state index in [2.05, 4.69) is 20.4 Å². The van der Waals surface area contributed by atoms with E-state index in [4.69, 9.17) is 4.74 Å². The molecule has 2 heterocycles. The third-order valence-corrected chi connectivity index (χ3v) is 4.13. The number of fused-ring (bicyclic) bond motifs is 1. The number of hydrogen-bond acceptors (Lipinski definition) is 6. The third-order valence-electron chi connectivity index (χ3n) is 4.13. The highest BCUT2D eigenvalue weighted by atomic mass is 19.1. The average Bonchev–Trinajstić information content (AvgIpc) is 3.11. The molecule has 1 aromatic carbocycles. The van der Waals surface area contributed by atoms with Crippen LogP contribution in [0.3, 0.4) is 0 Å². The molecule has 0 atom stereocenters. The molecule has 28 heavy (non-hydrogen) atoms. The molecule has 0 bridgehead atoms. The van der Waals surface area contributed by atoms with Crippen LogP contribution in [0.1, 0.15) is 23.4 Å². The van der Waals surface area contributed by atoms with Crippen LogP contribution < -0.4 is 5.32 Å². The second-order valence-electron chi connectivity index (χ2n) is 6.07. The van der Waals surface area contributed by atoms with Crippen molar-refractivity contribution in [2.45, 2.75) is 26.7 Å². The number of hydrogen-bond donors (Lipinski definition) is 1. The normalized spacial score (nSPS) is 10.9. The van der Waals surface area contributed by atoms with Gasteiger partial charge in [0.1, 0.15) is 18.0 Å². The van der Waals surface area contributed by atoms with E-state index < -0.39 is 30.1 Å². The van der Waals surface area contributed by atoms with Gasteiger partial charge in [0.05, 0.1) is 5.69 Å². The first-order valence-electron chi connectivity index (χ1n) is 8.41. The summed E-state index contributed by atoms with van der Waals surface area (Å²) in [5.74, 6) is -2.38. The number of carbonyl (C=O) groups excluding carboxylic acids is 2. The van der Waals surface area contributed by atoms with Crippen LogP contribution in [0, 0.1) is 25.5 Å². The first kappa shape index (κ1) is 19.3. The number of amides is 1. The minimum atomic E-state index is -0.789. The molecule has 0 radical (unpaired) electrons. The zero-order valence-corrected chi connectivity index (χ0v) is 15.2. The van der Waals surface area contributed by atoms with Crippen LogP contribution in [0.25, 0.3) is 5.78 Å². The van der Waals surface area contributed by atoms with Crippen molar-refractivity contribution in [3.05, 3.63) is 53.1 Å². The van der Waals surface area contributed by atoms with Gasteiger partial charge in [-0.3, -0.25) is 9.59 Å². The fourth-order valence-electron chi connectivity index (χ4n) is 2.74. The number of anilines is 1. The molecular weight excluding hydrogens is 372 g/mol. The molecule has 10 heteroatoms. The van der Waals surface area contributed by atoms with E-state index in [1.165, 1.54) is 6.33 Å². The van der Waals surface area contributed by atoms with Crippen LogP contribution in [0.2, 0.25) is 0 Å². The third kappa shape index (κ3) is 4.27. The van der Waals surface area contributed by atoms with Gasteiger partial charge < -0.3 is 10.1 Å². The first-order valence-corrected chi connectivity index (χ1v) is 8.41. The van der Waals surface area contributed by atoms with Crippen molar-refractivity contribution in [1.82, 2.24) is 19.6 Å². The van der Waals surface area contributed by atoms with Crippen LogP contribution in [0.5, 0.6) is 0 Å². The van der Waals surface area contributed by atoms with Crippen molar-refractivity contribution in [2.24, 2.45) is 0 Å². The quantitative estimate of drug-likeness (QED) is 0.649. The molecular formula is C18H17F2N5O3. The Morgan fingerprint density at radius 2 is 2.04 bits per heavy atom. The number of carbonyl (C=O) groups is 2. The Labute approximate surface area is 158 Å². The second kappa shape index (κ2) is 8.07. The van der Waals surface area contributed by atoms with Crippen LogP contribution in [-0.2, 0) is 20.7 Å². The molecule has 0 fully saturated rings. The Morgan fingerprint density at radius 1 is 1.25 bits per heavy atom. The summed E-state index contributed by atoms with van der Waals surface area (Å²) < 4.78 is 33.1. The van der Waals surface area contributed by atoms with Crippen molar-refractivity contribution in [3.8, 4) is 0 Å². The van der Waals surface area contributed by atoms with E-state index in [9.17, 15) is 18.4 Å². The summed E-state index contributed by atoms with van der Waals surface area (Å²) in [6.07, 6.45) is 1.76. The number of nitrogens with one attached hydrogen (secondary N) is 1. The summed E-state index contributed by atoms with van der Waals surface area (Å²) in [5, 5.41) is 6.23. The number of rotatable bonds is 6. The number of benzene rings is 1. The Hall–Kier alpha value is -3.43. The monoisotopic (exact) mass is 389 g/mol. The molecule has 146 valence electrons. The lowest BCUT2D eigenvalue weighted by atomic mass is 10.1. The van der Waals surface area contributed by atoms with Gasteiger partial charge in [0.25, 0.3) is 11.7 Å². The zero-order chi connectivity index (χ0) is 20.3. The molecule has 0 spiro atoms. The lowest BCUT2D eigenvalue weighted by Crippen LogP contribution is -2.21. The molecule has 1 N–H and O–H groups in total. The SMILES string of the molecule is Cc1nc2ncnn2c(C)c1CCC(=O)OCC(=O)Nc1cc(F)ccc1F. The minimum absolute atomic E-state index is 0.0190. The number of halogens is 2. The summed E-state index contributed by atoms with van der Waals surface area (Å²) in [6, 6.07) is 2.66. The summed E-state index contributed by atoms with van der Waals surface area (Å²) >= 11 is 0. The van der Waals surface area contributed by atoms with Crippen LogP contribution in [-0.4, -0.2) is 38.1 Å². The summed E-state index contributed by atoms with van der Waals surface area (Å²) in [4.78, 5) is 32.1. The Bertz CT molecular complexity index is 1050. The minimum Gasteiger partial charge on any atom is -0.456 e. The molecule has 0 saturated heterocycles. The number of aromatic nitrogens is 4. The molecule has 3 aromatic rings. The molecule has 1 amide bonds. The lowest BCUT2D eigenvalue weighted by Gasteiger charge is -2.10. The largest absolute Gasteiger partial charge is 0.456 e. The highest BCUT2D eigenvalue weighted by Gasteiger charge is 2.15. The topological polar surface area (TPSA) is 98.5 Å². The number of nitrogens with zero attached hydrogens (tertiary/aromatic N) is 4. The maximum atomic E-state index is 13.5. The van der Waals surface area contributed by atoms with Gasteiger partial charge in [-0.1, -0.05) is 0 Å². The summed E-state index contributed by atoms with van der Waals surface area (Å²) in [5.41, 5.74) is 2.05. The van der Waals surface area contributed by atoms with Gasteiger partial charge in [-0.05, 0) is 38.0 Å². The van der Waals surface area contributed by atoms with Gasteiger partial charge in [0.15, 0.2) is 6.61 Å². The number of esters is 1. The van der Waals surface area contributed by atoms with Crippen LogP contribution >= 0.6 is 0 Å². The Morgan fingerprint density at radius 3 is 2.82 bits per heavy atom. The van der Waals surface area contributed by atoms with Gasteiger partial charge in [-0.15, -0.1) is 0 Å². The Kier molecular flexibility index (Phi) is 5.57. The van der Waals surface area contributed by atoms with Gasteiger partial charge in [-0.25, -0.2) is 18.3 Å². The molecule has 3 rings (SSSR count). The highest BCUT2D eigenvalue weighted by Crippen LogP contribution is 2.16. The molecule has 0 unspecified atom stereocenters. The zero-order valence-electron chi connectivity index (χ0n) is 15.2. The fraction of sp³-hybridized carbons (Fsp3) is 0.278. The van der Waals surface area contributed by atoms with Crippen molar-refractivity contribution >= 4 is 23.3 Å². The number of aryl methyl sites for hydroxylation is 2. The second-order valence-corrected chi connectivity index (χ2v) is 6.07. The van der Waals surface area contributed by atoms with Crippen molar-refractivity contribution in [1.29, 1.82) is 0 Å². The van der Waals surface area contributed by atoms with Gasteiger partial charge in [0, 0.05) is 23.9 Å². The Balaban J connectivity index is 1.53. The smallest absolute Gasteiger partial charge is 0.306 e. The first-order chi connectivity index (χ1) is 13.3. The van der Waals surface area contributed by atoms with Crippen LogP contribution in [0.15, 0.2) is 24.5 Å². The van der Waals surface area contributed by atoms with E-state index in [0.717, 1.165) is 35.2 Å². The maximum Gasteiger partial charge on any atom is 0.306 e. The van der Waals surface area contributed by atoms with Crippen molar-refractivity contribution in [3.63, 3.8) is 0 Å². The highest BCUT2D eigenvalue weighted by molar-refractivity contribution is 5.92. The van der Waals surface area contributed by atoms with E-state index in [1.54, 1.807) is 4.52 Å². The predicted octanol–water partition coefficient (Wildman–Crippen LogP) is 2.13. The summed E-state index contributed by atoms with van der Waals surface area (Å²) in [7, 11) is 0. The van der Waals surface area contributed by atoms with E-state index in [0.29, 0.717) is 12.2 Å². The number of ether oxygens (including phenoxy) is 1. The van der Waals surface area contributed by atoms with E-state index in [-0.39, 0.29) is 12.1 Å². The molecule has 0 aliphatic carbocycles.